The SMILES string of the molecule is C[C@@H]1CC[C@H]2C3=C(CCC2(C)C)C(=O)C[C@@]31C. The van der Waals surface area contributed by atoms with Crippen LogP contribution in [0.5, 0.6) is 0 Å². The number of Topliss-reactive ketones (excluding diaryl/α,β-unsaturated/α-hetero) is 1. The van der Waals surface area contributed by atoms with E-state index in [-0.39, 0.29) is 5.41 Å². The van der Waals surface area contributed by atoms with E-state index in [0.717, 1.165) is 12.8 Å². The standard InChI is InChI=1S/C16H24O/c1-10-5-6-12-14-11(7-8-15(12,2)3)13(17)9-16(10,14)4/h10,12H,5-9H2,1-4H3/t10-,12+,16-/m1/s1. The van der Waals surface area contributed by atoms with Gasteiger partial charge >= 0.3 is 0 Å². The van der Waals surface area contributed by atoms with Gasteiger partial charge in [-0.2, -0.15) is 0 Å². The van der Waals surface area contributed by atoms with Crippen LogP contribution in [0.4, 0.5) is 0 Å². The Labute approximate surface area is 105 Å². The molecule has 1 saturated carbocycles. The highest BCUT2D eigenvalue weighted by atomic mass is 16.1. The molecule has 0 spiro atoms. The fraction of sp³-hybridized carbons (Fsp3) is 0.812. The van der Waals surface area contributed by atoms with Crippen molar-refractivity contribution < 1.29 is 4.79 Å². The van der Waals surface area contributed by atoms with Gasteiger partial charge < -0.3 is 0 Å². The van der Waals surface area contributed by atoms with Crippen molar-refractivity contribution in [2.45, 2.75) is 59.8 Å². The number of hydrogen-bond donors (Lipinski definition) is 0. The number of hydrogen-bond acceptors (Lipinski definition) is 1. The topological polar surface area (TPSA) is 17.1 Å². The molecule has 0 heterocycles. The van der Waals surface area contributed by atoms with E-state index in [1.807, 2.05) is 0 Å². The molecular weight excluding hydrogens is 208 g/mol. The molecular formula is C16H24O. The molecule has 1 heteroatoms. The predicted molar refractivity (Wildman–Crippen MR) is 69.7 cm³/mol. The van der Waals surface area contributed by atoms with E-state index in [1.54, 1.807) is 5.57 Å². The van der Waals surface area contributed by atoms with Gasteiger partial charge in [0.25, 0.3) is 0 Å². The summed E-state index contributed by atoms with van der Waals surface area (Å²) in [5.74, 6) is 1.83. The minimum atomic E-state index is 0.201. The van der Waals surface area contributed by atoms with Crippen LogP contribution in [0, 0.1) is 22.7 Å². The van der Waals surface area contributed by atoms with Gasteiger partial charge in [-0.1, -0.05) is 33.3 Å². The normalized spacial score (nSPS) is 43.9. The average Bonchev–Trinajstić information content (AvgIpc) is 2.49. The van der Waals surface area contributed by atoms with Crippen molar-refractivity contribution in [2.24, 2.45) is 22.7 Å². The van der Waals surface area contributed by atoms with Crippen LogP contribution in [-0.4, -0.2) is 5.78 Å². The number of allylic oxidation sites excluding steroid dienone is 2. The molecule has 0 amide bonds. The van der Waals surface area contributed by atoms with E-state index in [0.29, 0.717) is 23.0 Å². The average molecular weight is 232 g/mol. The second kappa shape index (κ2) is 3.24. The molecule has 0 aromatic heterocycles. The molecule has 0 bridgehead atoms. The largest absolute Gasteiger partial charge is 0.295 e. The lowest BCUT2D eigenvalue weighted by molar-refractivity contribution is -0.116. The second-order valence-electron chi connectivity index (χ2n) is 7.43. The number of carbonyl (C=O) groups excluding carboxylic acids is 1. The second-order valence-corrected chi connectivity index (χ2v) is 7.43. The van der Waals surface area contributed by atoms with Gasteiger partial charge in [0.1, 0.15) is 0 Å². The Hall–Kier alpha value is -0.590. The molecule has 1 fully saturated rings. The Morgan fingerprint density at radius 1 is 1.18 bits per heavy atom. The first-order valence-corrected chi connectivity index (χ1v) is 7.13. The third kappa shape index (κ3) is 1.34. The molecule has 17 heavy (non-hydrogen) atoms. The van der Waals surface area contributed by atoms with Crippen molar-refractivity contribution in [3.05, 3.63) is 11.1 Å². The molecule has 1 nitrogen and oxygen atoms in total. The van der Waals surface area contributed by atoms with Gasteiger partial charge in [0.15, 0.2) is 5.78 Å². The summed E-state index contributed by atoms with van der Waals surface area (Å²) >= 11 is 0. The van der Waals surface area contributed by atoms with Crippen molar-refractivity contribution in [3.8, 4) is 0 Å². The first kappa shape index (κ1) is 11.5. The monoisotopic (exact) mass is 232 g/mol. The van der Waals surface area contributed by atoms with Crippen LogP contribution in [0.3, 0.4) is 0 Å². The van der Waals surface area contributed by atoms with E-state index < -0.39 is 0 Å². The highest BCUT2D eigenvalue weighted by Gasteiger charge is 2.54. The molecule has 0 radical (unpaired) electrons. The first-order valence-electron chi connectivity index (χ1n) is 7.13. The van der Waals surface area contributed by atoms with Gasteiger partial charge in [-0.3, -0.25) is 4.79 Å². The fourth-order valence-corrected chi connectivity index (χ4v) is 4.63. The summed E-state index contributed by atoms with van der Waals surface area (Å²) in [5, 5.41) is 0. The Bertz CT molecular complexity index is 415. The van der Waals surface area contributed by atoms with Crippen molar-refractivity contribution in [1.29, 1.82) is 0 Å². The van der Waals surface area contributed by atoms with Gasteiger partial charge in [-0.15, -0.1) is 0 Å². The molecule has 0 N–H and O–H groups in total. The van der Waals surface area contributed by atoms with Crippen LogP contribution in [0.1, 0.15) is 59.8 Å². The molecule has 94 valence electrons. The van der Waals surface area contributed by atoms with Crippen molar-refractivity contribution in [1.82, 2.24) is 0 Å². The maximum atomic E-state index is 12.3. The molecule has 3 rings (SSSR count). The van der Waals surface area contributed by atoms with Gasteiger partial charge in [-0.25, -0.2) is 0 Å². The lowest BCUT2D eigenvalue weighted by Gasteiger charge is -2.50. The number of carbonyl (C=O) groups is 1. The summed E-state index contributed by atoms with van der Waals surface area (Å²) in [6, 6.07) is 0. The Morgan fingerprint density at radius 3 is 2.59 bits per heavy atom. The Balaban J connectivity index is 2.16. The Kier molecular flexibility index (Phi) is 2.19. The molecule has 0 aromatic carbocycles. The van der Waals surface area contributed by atoms with E-state index in [4.69, 9.17) is 0 Å². The third-order valence-corrected chi connectivity index (χ3v) is 6.09. The number of ketones is 1. The van der Waals surface area contributed by atoms with Crippen molar-refractivity contribution >= 4 is 5.78 Å². The zero-order chi connectivity index (χ0) is 12.4. The molecule has 0 saturated heterocycles. The molecule has 3 aliphatic rings. The molecule has 3 atom stereocenters. The van der Waals surface area contributed by atoms with Crippen LogP contribution < -0.4 is 0 Å². The van der Waals surface area contributed by atoms with Crippen LogP contribution in [-0.2, 0) is 4.79 Å². The lowest BCUT2D eigenvalue weighted by atomic mass is 9.54. The summed E-state index contributed by atoms with van der Waals surface area (Å²) < 4.78 is 0. The lowest BCUT2D eigenvalue weighted by Crippen LogP contribution is -2.41. The van der Waals surface area contributed by atoms with Crippen LogP contribution in [0.2, 0.25) is 0 Å². The van der Waals surface area contributed by atoms with Crippen LogP contribution in [0.25, 0.3) is 0 Å². The summed E-state index contributed by atoms with van der Waals surface area (Å²) in [6.45, 7) is 9.51. The van der Waals surface area contributed by atoms with Crippen LogP contribution >= 0.6 is 0 Å². The quantitative estimate of drug-likeness (QED) is 0.614. The van der Waals surface area contributed by atoms with Gasteiger partial charge in [-0.05, 0) is 53.9 Å². The smallest absolute Gasteiger partial charge is 0.159 e. The van der Waals surface area contributed by atoms with Crippen molar-refractivity contribution in [3.63, 3.8) is 0 Å². The van der Waals surface area contributed by atoms with Gasteiger partial charge in [0.05, 0.1) is 0 Å². The zero-order valence-electron chi connectivity index (χ0n) is 11.6. The minimum Gasteiger partial charge on any atom is -0.295 e. The molecule has 3 aliphatic carbocycles. The molecule has 0 aliphatic heterocycles. The summed E-state index contributed by atoms with van der Waals surface area (Å²) in [7, 11) is 0. The van der Waals surface area contributed by atoms with Crippen molar-refractivity contribution in [2.75, 3.05) is 0 Å². The maximum absolute atomic E-state index is 12.3. The zero-order valence-corrected chi connectivity index (χ0v) is 11.6. The van der Waals surface area contributed by atoms with E-state index in [1.165, 1.54) is 24.8 Å². The predicted octanol–water partition coefficient (Wildman–Crippen LogP) is 4.13. The summed E-state index contributed by atoms with van der Waals surface area (Å²) in [5.41, 5.74) is 3.43. The van der Waals surface area contributed by atoms with Gasteiger partial charge in [0.2, 0.25) is 0 Å². The highest BCUT2D eigenvalue weighted by Crippen LogP contribution is 2.62. The first-order chi connectivity index (χ1) is 7.86. The van der Waals surface area contributed by atoms with Gasteiger partial charge in [0, 0.05) is 6.42 Å². The molecule has 0 aromatic rings. The van der Waals surface area contributed by atoms with E-state index in [2.05, 4.69) is 27.7 Å². The summed E-state index contributed by atoms with van der Waals surface area (Å²) in [4.78, 5) is 12.3. The van der Waals surface area contributed by atoms with E-state index in [9.17, 15) is 4.79 Å². The van der Waals surface area contributed by atoms with E-state index >= 15 is 0 Å². The highest BCUT2D eigenvalue weighted by molar-refractivity contribution is 6.00. The maximum Gasteiger partial charge on any atom is 0.159 e. The minimum absolute atomic E-state index is 0.201. The Morgan fingerprint density at radius 2 is 1.88 bits per heavy atom. The van der Waals surface area contributed by atoms with Crippen LogP contribution in [0.15, 0.2) is 11.1 Å². The third-order valence-electron chi connectivity index (χ3n) is 6.09. The fourth-order valence-electron chi connectivity index (χ4n) is 4.63. The summed E-state index contributed by atoms with van der Waals surface area (Å²) in [6.07, 6.45) is 5.64. The molecule has 0 unspecified atom stereocenters. The number of rotatable bonds is 0.